The Bertz CT molecular complexity index is 466. The van der Waals surface area contributed by atoms with Gasteiger partial charge in [0.05, 0.1) is 17.4 Å². The molecule has 0 bridgehead atoms. The van der Waals surface area contributed by atoms with E-state index in [9.17, 15) is 13.2 Å². The van der Waals surface area contributed by atoms with Crippen LogP contribution in [0.3, 0.4) is 0 Å². The van der Waals surface area contributed by atoms with Crippen molar-refractivity contribution in [1.82, 2.24) is 10.3 Å². The van der Waals surface area contributed by atoms with Crippen LogP contribution in [0, 0.1) is 11.8 Å². The minimum atomic E-state index is -4.32. The molecule has 1 N–H and O–H groups in total. The number of hydrogen-bond acceptors (Lipinski definition) is 3. The first kappa shape index (κ1) is 15.4. The van der Waals surface area contributed by atoms with Gasteiger partial charge in [0.2, 0.25) is 0 Å². The Kier molecular flexibility index (Phi) is 4.44. The number of hydrogen-bond donors (Lipinski definition) is 1. The predicted molar refractivity (Wildman–Crippen MR) is 73.2 cm³/mol. The fourth-order valence-corrected chi connectivity index (χ4v) is 3.03. The summed E-state index contributed by atoms with van der Waals surface area (Å²) in [6.45, 7) is 3.64. The van der Waals surface area contributed by atoms with Crippen LogP contribution in [0.2, 0.25) is 0 Å². The van der Waals surface area contributed by atoms with E-state index in [1.54, 1.807) is 0 Å². The Hall–Kier alpha value is -1.01. The fraction of sp³-hybridized carbons (Fsp3) is 0.615. The second kappa shape index (κ2) is 5.77. The zero-order chi connectivity index (χ0) is 13.5. The second-order valence-corrected chi connectivity index (χ2v) is 5.34. The van der Waals surface area contributed by atoms with Gasteiger partial charge in [-0.15, -0.1) is 12.4 Å². The number of aromatic nitrogens is 1. The van der Waals surface area contributed by atoms with Gasteiger partial charge in [-0.1, -0.05) is 0 Å². The number of fused-ring (bicyclic) bond motifs is 1. The van der Waals surface area contributed by atoms with Crippen LogP contribution in [0.5, 0.6) is 0 Å². The molecule has 0 aromatic carbocycles. The summed E-state index contributed by atoms with van der Waals surface area (Å²) < 4.78 is 38.0. The zero-order valence-corrected chi connectivity index (χ0v) is 11.7. The lowest BCUT2D eigenvalue weighted by molar-refractivity contribution is -0.137. The summed E-state index contributed by atoms with van der Waals surface area (Å²) in [5.74, 6) is 1.22. The molecule has 2 aliphatic rings. The Labute approximate surface area is 122 Å². The summed E-state index contributed by atoms with van der Waals surface area (Å²) in [4.78, 5) is 5.76. The molecule has 0 aliphatic carbocycles. The molecule has 112 valence electrons. The van der Waals surface area contributed by atoms with Crippen molar-refractivity contribution in [3.05, 3.63) is 24.0 Å². The molecule has 3 heterocycles. The van der Waals surface area contributed by atoms with Crippen LogP contribution in [-0.4, -0.2) is 31.2 Å². The largest absolute Gasteiger partial charge is 0.417 e. The summed E-state index contributed by atoms with van der Waals surface area (Å²) in [7, 11) is 0. The van der Waals surface area contributed by atoms with Crippen LogP contribution in [0.4, 0.5) is 18.9 Å². The molecule has 2 atom stereocenters. The molecule has 2 fully saturated rings. The van der Waals surface area contributed by atoms with Gasteiger partial charge in [-0.25, -0.2) is 0 Å². The molecular weight excluding hydrogens is 291 g/mol. The fourth-order valence-electron chi connectivity index (χ4n) is 3.03. The highest BCUT2D eigenvalue weighted by Crippen LogP contribution is 2.33. The summed E-state index contributed by atoms with van der Waals surface area (Å²) >= 11 is 0. The minimum absolute atomic E-state index is 0. The number of alkyl halides is 3. The van der Waals surface area contributed by atoms with E-state index in [2.05, 4.69) is 10.3 Å². The van der Waals surface area contributed by atoms with E-state index >= 15 is 0 Å². The van der Waals surface area contributed by atoms with Crippen LogP contribution >= 0.6 is 12.4 Å². The van der Waals surface area contributed by atoms with Gasteiger partial charge in [0.1, 0.15) is 0 Å². The maximum Gasteiger partial charge on any atom is 0.417 e. The average molecular weight is 308 g/mol. The maximum atomic E-state index is 12.7. The third-order valence-electron chi connectivity index (χ3n) is 4.12. The molecule has 0 unspecified atom stereocenters. The smallest absolute Gasteiger partial charge is 0.370 e. The van der Waals surface area contributed by atoms with Crippen molar-refractivity contribution in [2.45, 2.75) is 12.6 Å². The summed E-state index contributed by atoms with van der Waals surface area (Å²) in [6.07, 6.45) is -0.879. The molecule has 2 aliphatic heterocycles. The lowest BCUT2D eigenvalue weighted by atomic mass is 9.88. The standard InChI is InChI=1S/C13H16F3N3.ClH/c14-13(15,16)11-3-12(7-18-6-11)19-2-1-9-4-17-5-10(9)8-19;/h3,6-7,9-10,17H,1-2,4-5,8H2;1H/t9-,10-;/m1./s1. The number of nitrogens with zero attached hydrogens (tertiary/aromatic N) is 2. The van der Waals surface area contributed by atoms with Crippen LogP contribution < -0.4 is 10.2 Å². The third kappa shape index (κ3) is 3.01. The average Bonchev–Trinajstić information content (AvgIpc) is 2.85. The molecule has 7 heteroatoms. The summed E-state index contributed by atoms with van der Waals surface area (Å²) in [6, 6.07) is 1.20. The van der Waals surface area contributed by atoms with Gasteiger partial charge in [0.25, 0.3) is 0 Å². The first-order valence-electron chi connectivity index (χ1n) is 6.52. The number of anilines is 1. The van der Waals surface area contributed by atoms with E-state index in [1.807, 2.05) is 4.90 Å². The van der Waals surface area contributed by atoms with Gasteiger partial charge in [0.15, 0.2) is 0 Å². The molecule has 20 heavy (non-hydrogen) atoms. The number of piperidine rings is 1. The number of nitrogens with one attached hydrogen (secondary N) is 1. The Morgan fingerprint density at radius 3 is 2.70 bits per heavy atom. The zero-order valence-electron chi connectivity index (χ0n) is 10.9. The molecule has 0 spiro atoms. The number of pyridine rings is 1. The van der Waals surface area contributed by atoms with Crippen molar-refractivity contribution in [2.75, 3.05) is 31.1 Å². The van der Waals surface area contributed by atoms with E-state index in [1.165, 1.54) is 12.3 Å². The van der Waals surface area contributed by atoms with Crippen LogP contribution in [0.25, 0.3) is 0 Å². The van der Waals surface area contributed by atoms with Crippen molar-refractivity contribution in [2.24, 2.45) is 11.8 Å². The molecule has 3 nitrogen and oxygen atoms in total. The lowest BCUT2D eigenvalue weighted by Gasteiger charge is -2.36. The highest BCUT2D eigenvalue weighted by molar-refractivity contribution is 5.85. The quantitative estimate of drug-likeness (QED) is 0.864. The van der Waals surface area contributed by atoms with Crippen molar-refractivity contribution < 1.29 is 13.2 Å². The van der Waals surface area contributed by atoms with Crippen LogP contribution in [-0.2, 0) is 6.18 Å². The van der Waals surface area contributed by atoms with Gasteiger partial charge >= 0.3 is 6.18 Å². The summed E-state index contributed by atoms with van der Waals surface area (Å²) in [5, 5.41) is 3.35. The van der Waals surface area contributed by atoms with Crippen molar-refractivity contribution in [3.8, 4) is 0 Å². The molecule has 3 rings (SSSR count). The second-order valence-electron chi connectivity index (χ2n) is 5.34. The van der Waals surface area contributed by atoms with Crippen molar-refractivity contribution in [1.29, 1.82) is 0 Å². The van der Waals surface area contributed by atoms with E-state index in [0.29, 0.717) is 17.5 Å². The highest BCUT2D eigenvalue weighted by atomic mass is 35.5. The molecule has 1 aromatic heterocycles. The van der Waals surface area contributed by atoms with Crippen molar-refractivity contribution in [3.63, 3.8) is 0 Å². The van der Waals surface area contributed by atoms with Gasteiger partial charge < -0.3 is 10.2 Å². The van der Waals surface area contributed by atoms with Gasteiger partial charge in [-0.05, 0) is 37.4 Å². The van der Waals surface area contributed by atoms with E-state index in [-0.39, 0.29) is 12.4 Å². The van der Waals surface area contributed by atoms with Crippen LogP contribution in [0.15, 0.2) is 18.5 Å². The Morgan fingerprint density at radius 1 is 1.20 bits per heavy atom. The topological polar surface area (TPSA) is 28.2 Å². The molecule has 0 saturated carbocycles. The maximum absolute atomic E-state index is 12.7. The van der Waals surface area contributed by atoms with Gasteiger partial charge in [-0.2, -0.15) is 13.2 Å². The normalized spacial score (nSPS) is 26.1. The summed E-state index contributed by atoms with van der Waals surface area (Å²) in [5.41, 5.74) is -0.0863. The minimum Gasteiger partial charge on any atom is -0.370 e. The molecule has 2 saturated heterocycles. The monoisotopic (exact) mass is 307 g/mol. The number of halogens is 4. The van der Waals surface area contributed by atoms with Gasteiger partial charge in [0, 0.05) is 19.3 Å². The van der Waals surface area contributed by atoms with Crippen molar-refractivity contribution >= 4 is 18.1 Å². The van der Waals surface area contributed by atoms with Gasteiger partial charge in [-0.3, -0.25) is 4.98 Å². The Morgan fingerprint density at radius 2 is 1.95 bits per heavy atom. The first-order valence-corrected chi connectivity index (χ1v) is 6.52. The Balaban J connectivity index is 0.00000147. The molecule has 0 amide bonds. The predicted octanol–water partition coefficient (Wildman–Crippen LogP) is 2.57. The molecular formula is C13H17ClF3N3. The molecule has 0 radical (unpaired) electrons. The lowest BCUT2D eigenvalue weighted by Crippen LogP contribution is -2.40. The highest BCUT2D eigenvalue weighted by Gasteiger charge is 2.34. The van der Waals surface area contributed by atoms with E-state index in [0.717, 1.165) is 38.8 Å². The van der Waals surface area contributed by atoms with Crippen LogP contribution in [0.1, 0.15) is 12.0 Å². The SMILES string of the molecule is Cl.FC(F)(F)c1cncc(N2CC[C@@H]3CNC[C@@H]3C2)c1. The van der Waals surface area contributed by atoms with E-state index < -0.39 is 11.7 Å². The number of rotatable bonds is 1. The molecule has 1 aromatic rings. The third-order valence-corrected chi connectivity index (χ3v) is 4.12. The van der Waals surface area contributed by atoms with E-state index in [4.69, 9.17) is 0 Å². The first-order chi connectivity index (χ1) is 9.04.